The summed E-state index contributed by atoms with van der Waals surface area (Å²) in [6.45, 7) is 0. The minimum absolute atomic E-state index is 0.128. The number of rotatable bonds is 2. The van der Waals surface area contributed by atoms with Crippen molar-refractivity contribution in [3.8, 4) is 0 Å². The van der Waals surface area contributed by atoms with Gasteiger partial charge in [-0.2, -0.15) is 0 Å². The second-order valence-electron chi connectivity index (χ2n) is 5.50. The van der Waals surface area contributed by atoms with Gasteiger partial charge in [0.2, 0.25) is 0 Å². The summed E-state index contributed by atoms with van der Waals surface area (Å²) in [4.78, 5) is 79.0. The van der Waals surface area contributed by atoms with Gasteiger partial charge in [0.1, 0.15) is 0 Å². The minimum Gasteiger partial charge on any atom is -0.315 e. The molecule has 0 radical (unpaired) electrons. The zero-order chi connectivity index (χ0) is 17.8. The summed E-state index contributed by atoms with van der Waals surface area (Å²) in [5.74, 6) is -6.99. The van der Waals surface area contributed by atoms with Gasteiger partial charge < -0.3 is 9.68 Å². The molecular weight excluding hydrogens is 371 g/mol. The molecule has 0 N–H and O–H groups in total. The summed E-state index contributed by atoms with van der Waals surface area (Å²) in [6.07, 6.45) is -0.256. The molecule has 0 aromatic heterocycles. The van der Waals surface area contributed by atoms with Gasteiger partial charge >= 0.3 is 10.9 Å². The van der Waals surface area contributed by atoms with Crippen LogP contribution in [0.25, 0.3) is 0 Å². The SMILES string of the molecule is O=C(Cl)ON1C(=O)C2CC3C(=O)N(OC(=O)Cl)C(=O)C3CC2C1=O. The van der Waals surface area contributed by atoms with E-state index >= 15 is 0 Å². The molecule has 4 amide bonds. The number of hydroxylamine groups is 4. The number of nitrogens with zero attached hydrogens (tertiary/aromatic N) is 2. The van der Waals surface area contributed by atoms with E-state index in [0.717, 1.165) is 0 Å². The molecule has 10 nitrogen and oxygen atoms in total. The van der Waals surface area contributed by atoms with E-state index in [-0.39, 0.29) is 23.0 Å². The third-order valence-electron chi connectivity index (χ3n) is 4.38. The van der Waals surface area contributed by atoms with Crippen LogP contribution in [0.4, 0.5) is 9.59 Å². The van der Waals surface area contributed by atoms with Crippen molar-refractivity contribution in [2.45, 2.75) is 12.8 Å². The van der Waals surface area contributed by atoms with Crippen LogP contribution in [-0.4, -0.2) is 44.6 Å². The van der Waals surface area contributed by atoms with Gasteiger partial charge in [0, 0.05) is 23.2 Å². The van der Waals surface area contributed by atoms with Crippen molar-refractivity contribution in [2.75, 3.05) is 0 Å². The normalized spacial score (nSPS) is 31.9. The van der Waals surface area contributed by atoms with Gasteiger partial charge in [0.25, 0.3) is 23.6 Å². The summed E-state index contributed by atoms with van der Waals surface area (Å²) < 4.78 is 0. The summed E-state index contributed by atoms with van der Waals surface area (Å²) in [7, 11) is 0. The van der Waals surface area contributed by atoms with E-state index < -0.39 is 58.2 Å². The third-order valence-corrected chi connectivity index (χ3v) is 4.52. The van der Waals surface area contributed by atoms with E-state index in [1.165, 1.54) is 0 Å². The van der Waals surface area contributed by atoms with Crippen LogP contribution in [-0.2, 0) is 28.9 Å². The number of imide groups is 2. The van der Waals surface area contributed by atoms with Crippen LogP contribution in [0.3, 0.4) is 0 Å². The molecule has 2 heterocycles. The number of fused-ring (bicyclic) bond motifs is 2. The lowest BCUT2D eigenvalue weighted by molar-refractivity contribution is -0.172. The Balaban J connectivity index is 1.84. The Morgan fingerprint density at radius 1 is 0.708 bits per heavy atom. The first-order chi connectivity index (χ1) is 11.2. The van der Waals surface area contributed by atoms with Gasteiger partial charge in [-0.25, -0.2) is 9.59 Å². The van der Waals surface area contributed by atoms with Crippen LogP contribution in [0.2, 0.25) is 0 Å². The van der Waals surface area contributed by atoms with Crippen LogP contribution in [0.1, 0.15) is 12.8 Å². The van der Waals surface area contributed by atoms with Crippen molar-refractivity contribution < 1.29 is 38.4 Å². The quantitative estimate of drug-likeness (QED) is 0.503. The maximum atomic E-state index is 12.2. The number of carbonyl (C=O) groups is 6. The molecule has 1 aliphatic carbocycles. The molecule has 128 valence electrons. The number of amides is 4. The van der Waals surface area contributed by atoms with Crippen LogP contribution in [0.5, 0.6) is 0 Å². The molecule has 0 bridgehead atoms. The second-order valence-corrected chi connectivity index (χ2v) is 6.11. The average Bonchev–Trinajstić information content (AvgIpc) is 2.86. The lowest BCUT2D eigenvalue weighted by Crippen LogP contribution is -2.35. The lowest BCUT2D eigenvalue weighted by Gasteiger charge is -2.27. The highest BCUT2D eigenvalue weighted by atomic mass is 35.5. The summed E-state index contributed by atoms with van der Waals surface area (Å²) >= 11 is 10.0. The smallest absolute Gasteiger partial charge is 0.315 e. The number of halogens is 2. The summed E-state index contributed by atoms with van der Waals surface area (Å²) in [5.41, 5.74) is -2.72. The molecule has 4 unspecified atom stereocenters. The fraction of sp³-hybridized carbons (Fsp3) is 0.500. The van der Waals surface area contributed by atoms with Gasteiger partial charge in [-0.1, -0.05) is 0 Å². The number of hydrogen-bond donors (Lipinski definition) is 0. The molecule has 12 heteroatoms. The molecule has 4 atom stereocenters. The summed E-state index contributed by atoms with van der Waals surface area (Å²) in [5, 5.41) is 0.522. The van der Waals surface area contributed by atoms with Gasteiger partial charge in [0.15, 0.2) is 0 Å². The van der Waals surface area contributed by atoms with Crippen LogP contribution >= 0.6 is 23.2 Å². The molecule has 3 aliphatic rings. The van der Waals surface area contributed by atoms with Gasteiger partial charge in [-0.05, 0) is 12.8 Å². The van der Waals surface area contributed by atoms with Crippen LogP contribution in [0, 0.1) is 23.7 Å². The molecule has 2 saturated heterocycles. The molecule has 24 heavy (non-hydrogen) atoms. The van der Waals surface area contributed by atoms with Gasteiger partial charge in [-0.3, -0.25) is 19.2 Å². The minimum atomic E-state index is -1.36. The van der Waals surface area contributed by atoms with E-state index in [4.69, 9.17) is 23.2 Å². The molecule has 2 aliphatic heterocycles. The Morgan fingerprint density at radius 3 is 1.17 bits per heavy atom. The fourth-order valence-electron chi connectivity index (χ4n) is 3.44. The first-order valence-electron chi connectivity index (χ1n) is 6.72. The largest absolute Gasteiger partial charge is 0.428 e. The first kappa shape index (κ1) is 16.7. The van der Waals surface area contributed by atoms with E-state index in [1.807, 2.05) is 0 Å². The third kappa shape index (κ3) is 2.42. The van der Waals surface area contributed by atoms with Crippen LogP contribution in [0.15, 0.2) is 0 Å². The van der Waals surface area contributed by atoms with Crippen LogP contribution < -0.4 is 0 Å². The molecule has 0 aromatic rings. The molecular formula is C12H8Cl2N2O8. The highest BCUT2D eigenvalue weighted by Gasteiger charge is 2.61. The Bertz CT molecular complexity index is 597. The number of carbonyl (C=O) groups excluding carboxylic acids is 6. The first-order valence-corrected chi connectivity index (χ1v) is 7.48. The second kappa shape index (κ2) is 5.71. The van der Waals surface area contributed by atoms with Crippen molar-refractivity contribution in [3.05, 3.63) is 0 Å². The van der Waals surface area contributed by atoms with E-state index in [1.54, 1.807) is 0 Å². The number of hydrogen-bond acceptors (Lipinski definition) is 8. The molecule has 1 saturated carbocycles. The Hall–Kier alpha value is -2.20. The lowest BCUT2D eigenvalue weighted by atomic mass is 9.70. The fourth-order valence-corrected chi connectivity index (χ4v) is 3.58. The predicted octanol–water partition coefficient (Wildman–Crippen LogP) is 0.563. The molecule has 3 fully saturated rings. The monoisotopic (exact) mass is 378 g/mol. The standard InChI is InChI=1S/C12H8Cl2N2O8/c13-11(21)23-15-7(17)3-1-4-6(2-5(3)9(15)19)10(20)16(8(4)18)24-12(14)22/h3-6H,1-2H2. The molecule has 3 rings (SSSR count). The van der Waals surface area contributed by atoms with E-state index in [0.29, 0.717) is 0 Å². The highest BCUT2D eigenvalue weighted by molar-refractivity contribution is 6.61. The Morgan fingerprint density at radius 2 is 0.958 bits per heavy atom. The summed E-state index contributed by atoms with van der Waals surface area (Å²) in [6, 6.07) is 0. The zero-order valence-corrected chi connectivity index (χ0v) is 13.2. The maximum absolute atomic E-state index is 12.2. The Kier molecular flexibility index (Phi) is 3.96. The van der Waals surface area contributed by atoms with Crippen molar-refractivity contribution in [1.82, 2.24) is 10.1 Å². The zero-order valence-electron chi connectivity index (χ0n) is 11.6. The van der Waals surface area contributed by atoms with Gasteiger partial charge in [-0.15, -0.1) is 10.1 Å². The van der Waals surface area contributed by atoms with Crippen molar-refractivity contribution in [3.63, 3.8) is 0 Å². The topological polar surface area (TPSA) is 127 Å². The molecule has 0 spiro atoms. The van der Waals surface area contributed by atoms with E-state index in [2.05, 4.69) is 9.68 Å². The Labute approximate surface area is 143 Å². The van der Waals surface area contributed by atoms with E-state index in [9.17, 15) is 28.8 Å². The van der Waals surface area contributed by atoms with Gasteiger partial charge in [0.05, 0.1) is 23.7 Å². The molecule has 0 aromatic carbocycles. The van der Waals surface area contributed by atoms with Crippen molar-refractivity contribution in [1.29, 1.82) is 0 Å². The average molecular weight is 379 g/mol. The maximum Gasteiger partial charge on any atom is 0.428 e. The predicted molar refractivity (Wildman–Crippen MR) is 71.6 cm³/mol. The van der Waals surface area contributed by atoms with Crippen molar-refractivity contribution >= 4 is 57.7 Å². The highest BCUT2D eigenvalue weighted by Crippen LogP contribution is 2.47. The van der Waals surface area contributed by atoms with Crippen molar-refractivity contribution in [2.24, 2.45) is 23.7 Å².